The molecule has 1 aromatic heterocycles. The van der Waals surface area contributed by atoms with Crippen LogP contribution in [0.1, 0.15) is 55.5 Å². The van der Waals surface area contributed by atoms with E-state index < -0.39 is 12.1 Å². The van der Waals surface area contributed by atoms with Crippen LogP contribution in [0.4, 0.5) is 13.2 Å². The standard InChI is InChI=1S/C19H29N3O3.C2HF3O2/c1-13-16(14(2)25-21-13)11-22-9-7-17-19(12-22,8-10-24-17)18(23)20-15-5-3-4-6-15;3-2(4,5)1(6)7/h15,17H,3-12H2,1-2H3,(H,20,23);(H,6,7)/t17-,19-;/m1./s1. The quantitative estimate of drug-likeness (QED) is 0.710. The zero-order valence-electron chi connectivity index (χ0n) is 18.3. The zero-order chi connectivity index (χ0) is 23.5. The van der Waals surface area contributed by atoms with Gasteiger partial charge in [0.25, 0.3) is 0 Å². The number of rotatable bonds is 4. The summed E-state index contributed by atoms with van der Waals surface area (Å²) in [5.41, 5.74) is 1.72. The lowest BCUT2D eigenvalue weighted by molar-refractivity contribution is -0.192. The van der Waals surface area contributed by atoms with Gasteiger partial charge in [-0.05, 0) is 39.5 Å². The lowest BCUT2D eigenvalue weighted by Crippen LogP contribution is -2.58. The number of ether oxygens (including phenoxy) is 1. The largest absolute Gasteiger partial charge is 0.490 e. The fraction of sp³-hybridized carbons (Fsp3) is 0.762. The van der Waals surface area contributed by atoms with Crippen LogP contribution in [0.25, 0.3) is 0 Å². The highest BCUT2D eigenvalue weighted by molar-refractivity contribution is 5.84. The molecule has 2 N–H and O–H groups in total. The lowest BCUT2D eigenvalue weighted by atomic mass is 9.75. The normalized spacial score (nSPS) is 26.3. The molecule has 32 heavy (non-hydrogen) atoms. The van der Waals surface area contributed by atoms with E-state index in [1.54, 1.807) is 0 Å². The lowest BCUT2D eigenvalue weighted by Gasteiger charge is -2.43. The maximum absolute atomic E-state index is 13.2. The van der Waals surface area contributed by atoms with Gasteiger partial charge in [0, 0.05) is 37.8 Å². The molecule has 1 aliphatic carbocycles. The van der Waals surface area contributed by atoms with Gasteiger partial charge in [0.05, 0.1) is 17.2 Å². The number of carboxylic acids is 1. The molecule has 0 aromatic carbocycles. The van der Waals surface area contributed by atoms with Crippen molar-refractivity contribution < 1.29 is 37.1 Å². The monoisotopic (exact) mass is 461 g/mol. The summed E-state index contributed by atoms with van der Waals surface area (Å²) in [5, 5.41) is 14.5. The molecule has 2 aliphatic heterocycles. The molecule has 3 aliphatic rings. The Bertz CT molecular complexity index is 803. The van der Waals surface area contributed by atoms with Crippen LogP contribution in [0.15, 0.2) is 4.52 Å². The number of likely N-dealkylation sites (tertiary alicyclic amines) is 1. The van der Waals surface area contributed by atoms with Gasteiger partial charge < -0.3 is 19.7 Å². The first-order valence-electron chi connectivity index (χ1n) is 10.9. The third kappa shape index (κ3) is 5.43. The number of carbonyl (C=O) groups excluding carboxylic acids is 1. The van der Waals surface area contributed by atoms with Crippen LogP contribution in [0.5, 0.6) is 0 Å². The molecular formula is C21H30F3N3O5. The van der Waals surface area contributed by atoms with Crippen molar-refractivity contribution in [1.82, 2.24) is 15.4 Å². The summed E-state index contributed by atoms with van der Waals surface area (Å²) in [7, 11) is 0. The van der Waals surface area contributed by atoms with Crippen molar-refractivity contribution in [3.8, 4) is 0 Å². The summed E-state index contributed by atoms with van der Waals surface area (Å²) >= 11 is 0. The average Bonchev–Trinajstić information content (AvgIpc) is 3.45. The van der Waals surface area contributed by atoms with Crippen molar-refractivity contribution in [3.63, 3.8) is 0 Å². The predicted octanol–water partition coefficient (Wildman–Crippen LogP) is 2.96. The molecule has 3 fully saturated rings. The summed E-state index contributed by atoms with van der Waals surface area (Å²) in [6.07, 6.45) is 1.43. The van der Waals surface area contributed by atoms with Crippen LogP contribution < -0.4 is 5.32 Å². The van der Waals surface area contributed by atoms with E-state index in [1.807, 2.05) is 13.8 Å². The molecule has 11 heteroatoms. The fourth-order valence-corrected chi connectivity index (χ4v) is 4.84. The Morgan fingerprint density at radius 2 is 1.91 bits per heavy atom. The molecule has 1 saturated carbocycles. The number of aliphatic carboxylic acids is 1. The van der Waals surface area contributed by atoms with E-state index in [4.69, 9.17) is 19.2 Å². The van der Waals surface area contributed by atoms with Crippen molar-refractivity contribution in [2.24, 2.45) is 5.41 Å². The van der Waals surface area contributed by atoms with Crippen molar-refractivity contribution in [2.75, 3.05) is 19.7 Å². The predicted molar refractivity (Wildman–Crippen MR) is 107 cm³/mol. The molecule has 4 rings (SSSR count). The number of hydrogen-bond acceptors (Lipinski definition) is 6. The molecule has 2 atom stereocenters. The highest BCUT2D eigenvalue weighted by Crippen LogP contribution is 2.42. The van der Waals surface area contributed by atoms with Gasteiger partial charge in [0.15, 0.2) is 0 Å². The number of hydrogen-bond donors (Lipinski definition) is 2. The van der Waals surface area contributed by atoms with Crippen LogP contribution in [0.3, 0.4) is 0 Å². The van der Waals surface area contributed by atoms with Crippen molar-refractivity contribution >= 4 is 11.9 Å². The van der Waals surface area contributed by atoms with E-state index in [-0.39, 0.29) is 17.4 Å². The Kier molecular flexibility index (Phi) is 7.49. The highest BCUT2D eigenvalue weighted by Gasteiger charge is 2.53. The molecule has 0 spiro atoms. The topological polar surface area (TPSA) is 105 Å². The Morgan fingerprint density at radius 3 is 2.47 bits per heavy atom. The molecule has 0 unspecified atom stereocenters. The molecule has 1 amide bonds. The Hall–Kier alpha value is -2.14. The van der Waals surface area contributed by atoms with E-state index in [0.29, 0.717) is 12.6 Å². The molecule has 0 bridgehead atoms. The van der Waals surface area contributed by atoms with E-state index >= 15 is 0 Å². The molecule has 180 valence electrons. The third-order valence-corrected chi connectivity index (χ3v) is 6.64. The second-order valence-electron chi connectivity index (χ2n) is 8.83. The number of amides is 1. The summed E-state index contributed by atoms with van der Waals surface area (Å²) in [5.74, 6) is -1.66. The van der Waals surface area contributed by atoms with Crippen LogP contribution >= 0.6 is 0 Å². The van der Waals surface area contributed by atoms with Gasteiger partial charge in [-0.2, -0.15) is 13.2 Å². The molecule has 3 heterocycles. The number of aryl methyl sites for hydroxylation is 2. The van der Waals surface area contributed by atoms with Crippen LogP contribution in [-0.4, -0.2) is 65.1 Å². The van der Waals surface area contributed by atoms with Crippen molar-refractivity contribution in [2.45, 2.75) is 77.2 Å². The maximum atomic E-state index is 13.2. The number of carboxylic acid groups (broad SMARTS) is 1. The molecule has 8 nitrogen and oxygen atoms in total. The average molecular weight is 461 g/mol. The first-order chi connectivity index (χ1) is 15.0. The number of nitrogens with one attached hydrogen (secondary N) is 1. The first-order valence-corrected chi connectivity index (χ1v) is 10.9. The molecule has 0 radical (unpaired) electrons. The van der Waals surface area contributed by atoms with Gasteiger partial charge >= 0.3 is 12.1 Å². The van der Waals surface area contributed by atoms with Gasteiger partial charge in [-0.15, -0.1) is 0 Å². The number of alkyl halides is 3. The van der Waals surface area contributed by atoms with Gasteiger partial charge in [0.1, 0.15) is 5.76 Å². The number of nitrogens with zero attached hydrogens (tertiary/aromatic N) is 2. The van der Waals surface area contributed by atoms with Gasteiger partial charge in [-0.3, -0.25) is 9.69 Å². The van der Waals surface area contributed by atoms with E-state index in [0.717, 1.165) is 62.3 Å². The Morgan fingerprint density at radius 1 is 1.25 bits per heavy atom. The first kappa shape index (κ1) is 24.5. The fourth-order valence-electron chi connectivity index (χ4n) is 4.84. The SMILES string of the molecule is Cc1noc(C)c1CN1CC[C@H]2OCC[C@@]2(C(=O)NC2CCCC2)C1.O=C(O)C(F)(F)F. The number of halogens is 3. The van der Waals surface area contributed by atoms with Crippen LogP contribution in [0.2, 0.25) is 0 Å². The van der Waals surface area contributed by atoms with Gasteiger partial charge in [-0.1, -0.05) is 18.0 Å². The van der Waals surface area contributed by atoms with Crippen molar-refractivity contribution in [3.05, 3.63) is 17.0 Å². The highest BCUT2D eigenvalue weighted by atomic mass is 19.4. The van der Waals surface area contributed by atoms with Crippen LogP contribution in [0, 0.1) is 19.3 Å². The molecular weight excluding hydrogens is 431 g/mol. The van der Waals surface area contributed by atoms with E-state index in [1.165, 1.54) is 12.8 Å². The van der Waals surface area contributed by atoms with Gasteiger partial charge in [0.2, 0.25) is 5.91 Å². The molecule has 1 aromatic rings. The van der Waals surface area contributed by atoms with Crippen LogP contribution in [-0.2, 0) is 20.9 Å². The smallest absolute Gasteiger partial charge is 0.475 e. The van der Waals surface area contributed by atoms with Crippen molar-refractivity contribution in [1.29, 1.82) is 0 Å². The summed E-state index contributed by atoms with van der Waals surface area (Å²) < 4.78 is 43.0. The third-order valence-electron chi connectivity index (χ3n) is 6.64. The Balaban J connectivity index is 0.000000360. The van der Waals surface area contributed by atoms with E-state index in [9.17, 15) is 18.0 Å². The minimum Gasteiger partial charge on any atom is -0.475 e. The maximum Gasteiger partial charge on any atom is 0.490 e. The minimum absolute atomic E-state index is 0.0646. The number of piperidine rings is 1. The zero-order valence-corrected chi connectivity index (χ0v) is 18.3. The number of fused-ring (bicyclic) bond motifs is 1. The second kappa shape index (κ2) is 9.78. The molecule has 2 saturated heterocycles. The number of carbonyl (C=O) groups is 2. The summed E-state index contributed by atoms with van der Waals surface area (Å²) in [6, 6.07) is 0.362. The second-order valence-corrected chi connectivity index (χ2v) is 8.83. The summed E-state index contributed by atoms with van der Waals surface area (Å²) in [6.45, 7) is 7.16. The minimum atomic E-state index is -5.08. The Labute approximate surface area is 184 Å². The van der Waals surface area contributed by atoms with Gasteiger partial charge in [-0.25, -0.2) is 4.79 Å². The number of aromatic nitrogens is 1. The summed E-state index contributed by atoms with van der Waals surface area (Å²) in [4.78, 5) is 24.5. The van der Waals surface area contributed by atoms with E-state index in [2.05, 4.69) is 15.4 Å².